The van der Waals surface area contributed by atoms with Gasteiger partial charge in [0.25, 0.3) is 0 Å². The van der Waals surface area contributed by atoms with E-state index in [1.54, 1.807) is 0 Å². The van der Waals surface area contributed by atoms with E-state index in [1.807, 2.05) is 13.0 Å². The van der Waals surface area contributed by atoms with Crippen molar-refractivity contribution in [1.29, 1.82) is 5.26 Å². The lowest BCUT2D eigenvalue weighted by Gasteiger charge is -2.63. The van der Waals surface area contributed by atoms with Gasteiger partial charge in [-0.2, -0.15) is 5.26 Å². The number of nitrogens with zero attached hydrogens (tertiary/aromatic N) is 1. The number of hydrogen-bond acceptors (Lipinski definition) is 2. The first kappa shape index (κ1) is 9.73. The fourth-order valence-corrected chi connectivity index (χ4v) is 3.30. The second-order valence-electron chi connectivity index (χ2n) is 5.46. The molecule has 0 saturated heterocycles. The number of nitriles is 1. The molecular weight excluding hydrogens is 174 g/mol. The van der Waals surface area contributed by atoms with E-state index in [1.165, 1.54) is 6.08 Å². The Labute approximate surface area is 85.2 Å². The van der Waals surface area contributed by atoms with Gasteiger partial charge >= 0.3 is 0 Å². The van der Waals surface area contributed by atoms with Gasteiger partial charge in [0.2, 0.25) is 0 Å². The van der Waals surface area contributed by atoms with Crippen molar-refractivity contribution in [2.75, 3.05) is 0 Å². The summed E-state index contributed by atoms with van der Waals surface area (Å²) in [7, 11) is 0. The smallest absolute Gasteiger partial charge is 0.0912 e. The topological polar surface area (TPSA) is 44.0 Å². The lowest BCUT2D eigenvalue weighted by Crippen LogP contribution is -2.61. The van der Waals surface area contributed by atoms with Crippen molar-refractivity contribution in [2.24, 2.45) is 17.3 Å². The Balaban J connectivity index is 2.35. The van der Waals surface area contributed by atoms with Gasteiger partial charge in [-0.05, 0) is 42.6 Å². The van der Waals surface area contributed by atoms with Crippen LogP contribution in [0.1, 0.15) is 33.6 Å². The van der Waals surface area contributed by atoms with Crippen molar-refractivity contribution in [3.05, 3.63) is 11.6 Å². The van der Waals surface area contributed by atoms with Gasteiger partial charge < -0.3 is 5.11 Å². The van der Waals surface area contributed by atoms with Crippen LogP contribution in [-0.4, -0.2) is 10.7 Å². The largest absolute Gasteiger partial charge is 0.385 e. The molecule has 14 heavy (non-hydrogen) atoms. The SMILES string of the molecule is CC1(C)[C@@H]2C/C(=C\C#N)[C@@](C)(O)[C@H]1C2. The van der Waals surface area contributed by atoms with Crippen LogP contribution in [0, 0.1) is 28.6 Å². The number of fused-ring (bicyclic) bond motifs is 2. The van der Waals surface area contributed by atoms with Crippen LogP contribution in [0.4, 0.5) is 0 Å². The normalized spacial score (nSPS) is 46.9. The highest BCUT2D eigenvalue weighted by Crippen LogP contribution is 2.64. The molecule has 0 aromatic carbocycles. The monoisotopic (exact) mass is 191 g/mol. The molecule has 2 nitrogen and oxygen atoms in total. The Morgan fingerprint density at radius 3 is 2.57 bits per heavy atom. The van der Waals surface area contributed by atoms with Gasteiger partial charge in [0.15, 0.2) is 0 Å². The summed E-state index contributed by atoms with van der Waals surface area (Å²) in [5.41, 5.74) is 0.421. The van der Waals surface area contributed by atoms with Gasteiger partial charge in [0, 0.05) is 6.08 Å². The molecule has 0 amide bonds. The van der Waals surface area contributed by atoms with Crippen LogP contribution in [0.3, 0.4) is 0 Å². The quantitative estimate of drug-likeness (QED) is 0.597. The molecule has 76 valence electrons. The van der Waals surface area contributed by atoms with Gasteiger partial charge in [-0.3, -0.25) is 0 Å². The Bertz CT molecular complexity index is 333. The van der Waals surface area contributed by atoms with Crippen molar-refractivity contribution in [2.45, 2.75) is 39.2 Å². The highest BCUT2D eigenvalue weighted by Gasteiger charge is 2.60. The van der Waals surface area contributed by atoms with Crippen LogP contribution in [0.25, 0.3) is 0 Å². The lowest BCUT2D eigenvalue weighted by molar-refractivity contribution is -0.160. The molecule has 2 bridgehead atoms. The second kappa shape index (κ2) is 2.61. The molecule has 3 aliphatic rings. The zero-order valence-electron chi connectivity index (χ0n) is 9.04. The predicted molar refractivity (Wildman–Crippen MR) is 54.3 cm³/mol. The minimum Gasteiger partial charge on any atom is -0.385 e. The molecule has 3 atom stereocenters. The van der Waals surface area contributed by atoms with Crippen LogP contribution in [0.15, 0.2) is 11.6 Å². The number of allylic oxidation sites excluding steroid dienone is 1. The van der Waals surface area contributed by atoms with E-state index < -0.39 is 5.60 Å². The van der Waals surface area contributed by atoms with Gasteiger partial charge in [-0.25, -0.2) is 0 Å². The molecule has 0 spiro atoms. The summed E-state index contributed by atoms with van der Waals surface area (Å²) in [5.74, 6) is 0.987. The molecule has 3 saturated carbocycles. The first-order valence-electron chi connectivity index (χ1n) is 5.22. The molecule has 0 unspecified atom stereocenters. The third kappa shape index (κ3) is 0.994. The molecule has 0 heterocycles. The van der Waals surface area contributed by atoms with E-state index in [0.717, 1.165) is 18.4 Å². The molecule has 0 aromatic heterocycles. The molecule has 0 radical (unpaired) electrons. The van der Waals surface area contributed by atoms with E-state index in [9.17, 15) is 5.11 Å². The van der Waals surface area contributed by atoms with Crippen LogP contribution in [0.2, 0.25) is 0 Å². The predicted octanol–water partition coefficient (Wildman–Crippen LogP) is 2.25. The van der Waals surface area contributed by atoms with Gasteiger partial charge in [0.1, 0.15) is 0 Å². The molecular formula is C12H17NO. The lowest BCUT2D eigenvalue weighted by atomic mass is 9.43. The summed E-state index contributed by atoms with van der Waals surface area (Å²) >= 11 is 0. The first-order chi connectivity index (χ1) is 6.40. The van der Waals surface area contributed by atoms with Crippen molar-refractivity contribution in [3.8, 4) is 6.07 Å². The summed E-state index contributed by atoms with van der Waals surface area (Å²) in [6.45, 7) is 6.31. The molecule has 2 heteroatoms. The maximum atomic E-state index is 10.4. The van der Waals surface area contributed by atoms with Gasteiger partial charge in [0.05, 0.1) is 11.7 Å². The van der Waals surface area contributed by atoms with E-state index in [-0.39, 0.29) is 5.41 Å². The number of hydrogen-bond donors (Lipinski definition) is 1. The zero-order chi connectivity index (χ0) is 10.6. The van der Waals surface area contributed by atoms with Crippen LogP contribution >= 0.6 is 0 Å². The van der Waals surface area contributed by atoms with Crippen molar-refractivity contribution < 1.29 is 5.11 Å². The molecule has 3 rings (SSSR count). The molecule has 1 N–H and O–H groups in total. The van der Waals surface area contributed by atoms with Crippen LogP contribution < -0.4 is 0 Å². The minimum atomic E-state index is -0.756. The maximum absolute atomic E-state index is 10.4. The Hall–Kier alpha value is -0.810. The Kier molecular flexibility index (Phi) is 1.81. The minimum absolute atomic E-state index is 0.246. The third-order valence-corrected chi connectivity index (χ3v) is 4.50. The summed E-state index contributed by atoms with van der Waals surface area (Å²) in [4.78, 5) is 0. The van der Waals surface area contributed by atoms with E-state index in [4.69, 9.17) is 5.26 Å². The summed E-state index contributed by atoms with van der Waals surface area (Å²) < 4.78 is 0. The summed E-state index contributed by atoms with van der Waals surface area (Å²) in [6, 6.07) is 2.04. The van der Waals surface area contributed by atoms with Crippen LogP contribution in [-0.2, 0) is 0 Å². The van der Waals surface area contributed by atoms with E-state index in [0.29, 0.717) is 11.8 Å². The Morgan fingerprint density at radius 1 is 1.50 bits per heavy atom. The molecule has 0 aliphatic heterocycles. The fourth-order valence-electron chi connectivity index (χ4n) is 3.30. The van der Waals surface area contributed by atoms with Crippen LogP contribution in [0.5, 0.6) is 0 Å². The van der Waals surface area contributed by atoms with E-state index in [2.05, 4.69) is 13.8 Å². The third-order valence-electron chi connectivity index (χ3n) is 4.50. The average molecular weight is 191 g/mol. The standard InChI is InChI=1S/C12H17NO/c1-11(2)9-6-8(4-5-13)12(3,14)10(11)7-9/h4,9-10,14H,6-7H2,1-3H3/b8-4+/t9-,10+,12-/m1/s1. The van der Waals surface area contributed by atoms with Gasteiger partial charge in [-0.15, -0.1) is 0 Å². The zero-order valence-corrected chi connectivity index (χ0v) is 9.04. The van der Waals surface area contributed by atoms with Crippen molar-refractivity contribution in [1.82, 2.24) is 0 Å². The Morgan fingerprint density at radius 2 is 2.14 bits per heavy atom. The molecule has 3 aliphatic carbocycles. The fraction of sp³-hybridized carbons (Fsp3) is 0.750. The maximum Gasteiger partial charge on any atom is 0.0912 e. The summed E-state index contributed by atoms with van der Waals surface area (Å²) in [5, 5.41) is 19.0. The highest BCUT2D eigenvalue weighted by molar-refractivity contribution is 5.32. The number of rotatable bonds is 0. The first-order valence-corrected chi connectivity index (χ1v) is 5.22. The molecule has 3 fully saturated rings. The second-order valence-corrected chi connectivity index (χ2v) is 5.46. The number of aliphatic hydroxyl groups is 1. The molecule has 0 aromatic rings. The summed E-state index contributed by atoms with van der Waals surface area (Å²) in [6.07, 6.45) is 3.54. The van der Waals surface area contributed by atoms with Crippen molar-refractivity contribution >= 4 is 0 Å². The van der Waals surface area contributed by atoms with Crippen molar-refractivity contribution in [3.63, 3.8) is 0 Å². The average Bonchev–Trinajstić information content (AvgIpc) is 2.07. The van der Waals surface area contributed by atoms with Gasteiger partial charge in [-0.1, -0.05) is 13.8 Å². The highest BCUT2D eigenvalue weighted by atomic mass is 16.3. The van der Waals surface area contributed by atoms with E-state index >= 15 is 0 Å².